The Hall–Kier alpha value is -1.66. The van der Waals surface area contributed by atoms with Gasteiger partial charge in [-0.15, -0.1) is 12.4 Å². The first-order valence-electron chi connectivity index (χ1n) is 7.17. The molecular formula is C15H19ClFN3O2. The minimum atomic E-state index is -0.450. The number of hydrogen-bond donors (Lipinski definition) is 1. The van der Waals surface area contributed by atoms with Gasteiger partial charge in [0.25, 0.3) is 0 Å². The third kappa shape index (κ3) is 3.56. The molecule has 0 unspecified atom stereocenters. The second kappa shape index (κ2) is 7.07. The van der Waals surface area contributed by atoms with Crippen LogP contribution in [0.15, 0.2) is 28.8 Å². The summed E-state index contributed by atoms with van der Waals surface area (Å²) in [6.45, 7) is 0.278. The fraction of sp³-hybridized carbons (Fsp3) is 0.467. The molecule has 1 aliphatic rings. The smallest absolute Gasteiger partial charge is 0.230 e. The molecule has 120 valence electrons. The lowest BCUT2D eigenvalue weighted by Crippen LogP contribution is -2.34. The van der Waals surface area contributed by atoms with E-state index in [4.69, 9.17) is 15.0 Å². The molecule has 2 aromatic rings. The van der Waals surface area contributed by atoms with Crippen LogP contribution in [-0.4, -0.2) is 16.7 Å². The number of halogens is 2. The highest BCUT2D eigenvalue weighted by Gasteiger charge is 2.35. The third-order valence-electron chi connectivity index (χ3n) is 3.82. The topological polar surface area (TPSA) is 74.2 Å². The zero-order valence-electron chi connectivity index (χ0n) is 12.1. The second-order valence-electron chi connectivity index (χ2n) is 5.40. The van der Waals surface area contributed by atoms with Crippen molar-refractivity contribution in [2.45, 2.75) is 37.6 Å². The molecule has 0 bridgehead atoms. The van der Waals surface area contributed by atoms with E-state index in [1.54, 1.807) is 18.2 Å². The maximum atomic E-state index is 13.4. The molecule has 22 heavy (non-hydrogen) atoms. The van der Waals surface area contributed by atoms with Crippen LogP contribution in [0.2, 0.25) is 0 Å². The van der Waals surface area contributed by atoms with E-state index in [1.165, 1.54) is 6.07 Å². The lowest BCUT2D eigenvalue weighted by molar-refractivity contribution is 0.279. The van der Waals surface area contributed by atoms with Gasteiger partial charge < -0.3 is 15.0 Å². The minimum Gasteiger partial charge on any atom is -0.490 e. The molecule has 3 rings (SSSR count). The van der Waals surface area contributed by atoms with Gasteiger partial charge in [0.1, 0.15) is 0 Å². The Morgan fingerprint density at radius 1 is 1.27 bits per heavy atom. The van der Waals surface area contributed by atoms with Crippen LogP contribution in [0.1, 0.15) is 37.4 Å². The zero-order chi connectivity index (χ0) is 14.7. The molecule has 0 amide bonds. The molecule has 0 aliphatic heterocycles. The summed E-state index contributed by atoms with van der Waals surface area (Å²) in [5.74, 6) is 0.887. The summed E-state index contributed by atoms with van der Waals surface area (Å²) in [6.07, 6.45) is 4.39. The lowest BCUT2D eigenvalue weighted by atomic mass is 9.99. The number of nitrogens with zero attached hydrogens (tertiary/aromatic N) is 2. The van der Waals surface area contributed by atoms with Crippen molar-refractivity contribution in [1.82, 2.24) is 10.1 Å². The van der Waals surface area contributed by atoms with Gasteiger partial charge in [0.05, 0.1) is 18.6 Å². The van der Waals surface area contributed by atoms with Crippen LogP contribution in [0, 0.1) is 5.82 Å². The fourth-order valence-electron chi connectivity index (χ4n) is 2.60. The van der Waals surface area contributed by atoms with E-state index in [0.29, 0.717) is 18.1 Å². The highest BCUT2D eigenvalue weighted by molar-refractivity contribution is 5.85. The summed E-state index contributed by atoms with van der Waals surface area (Å²) in [6, 6.07) is 6.29. The highest BCUT2D eigenvalue weighted by Crippen LogP contribution is 2.34. The Morgan fingerprint density at radius 2 is 2.00 bits per heavy atom. The van der Waals surface area contributed by atoms with Crippen molar-refractivity contribution in [3.63, 3.8) is 0 Å². The second-order valence-corrected chi connectivity index (χ2v) is 5.40. The molecule has 0 saturated heterocycles. The summed E-state index contributed by atoms with van der Waals surface area (Å²) < 4.78 is 23.9. The van der Waals surface area contributed by atoms with Crippen molar-refractivity contribution in [1.29, 1.82) is 0 Å². The van der Waals surface area contributed by atoms with Gasteiger partial charge >= 0.3 is 0 Å². The summed E-state index contributed by atoms with van der Waals surface area (Å²) in [4.78, 5) is 4.34. The van der Waals surface area contributed by atoms with Crippen LogP contribution in [0.4, 0.5) is 4.39 Å². The first kappa shape index (κ1) is 16.7. The lowest BCUT2D eigenvalue weighted by Gasteiger charge is -2.17. The average molecular weight is 328 g/mol. The monoisotopic (exact) mass is 327 g/mol. The van der Waals surface area contributed by atoms with Crippen molar-refractivity contribution in [3.8, 4) is 5.75 Å². The van der Waals surface area contributed by atoms with E-state index in [2.05, 4.69) is 10.1 Å². The maximum absolute atomic E-state index is 13.4. The average Bonchev–Trinajstić information content (AvgIpc) is 3.11. The number of benzene rings is 1. The predicted octanol–water partition coefficient (Wildman–Crippen LogP) is 2.98. The molecule has 1 fully saturated rings. The van der Waals surface area contributed by atoms with E-state index in [9.17, 15) is 4.39 Å². The summed E-state index contributed by atoms with van der Waals surface area (Å²) in [5, 5.41) is 3.97. The zero-order valence-corrected chi connectivity index (χ0v) is 12.9. The van der Waals surface area contributed by atoms with E-state index >= 15 is 0 Å². The maximum Gasteiger partial charge on any atom is 0.230 e. The van der Waals surface area contributed by atoms with Gasteiger partial charge in [-0.05, 0) is 25.0 Å². The Bertz CT molecular complexity index is 614. The molecular weight excluding hydrogens is 309 g/mol. The van der Waals surface area contributed by atoms with Crippen molar-refractivity contribution >= 4 is 12.4 Å². The van der Waals surface area contributed by atoms with Gasteiger partial charge in [-0.25, -0.2) is 4.39 Å². The molecule has 1 aromatic carbocycles. The quantitative estimate of drug-likeness (QED) is 0.913. The first-order valence-corrected chi connectivity index (χ1v) is 7.17. The van der Waals surface area contributed by atoms with E-state index in [1.807, 2.05) is 0 Å². The normalized spacial score (nSPS) is 16.3. The molecule has 5 nitrogen and oxygen atoms in total. The fourth-order valence-corrected chi connectivity index (χ4v) is 2.60. The number of para-hydroxylation sites is 1. The molecule has 0 atom stereocenters. The SMILES string of the molecule is Cl.NC1(c2noc(CCOc3ccccc3F)n2)CCCC1. The van der Waals surface area contributed by atoms with Crippen molar-refractivity contribution in [3.05, 3.63) is 41.8 Å². The molecule has 0 spiro atoms. The van der Waals surface area contributed by atoms with Crippen LogP contribution in [0.3, 0.4) is 0 Å². The Kier molecular flexibility index (Phi) is 5.37. The van der Waals surface area contributed by atoms with Gasteiger partial charge in [0, 0.05) is 0 Å². The summed E-state index contributed by atoms with van der Waals surface area (Å²) >= 11 is 0. The van der Waals surface area contributed by atoms with Crippen LogP contribution in [0.5, 0.6) is 5.75 Å². The van der Waals surface area contributed by atoms with E-state index in [-0.39, 0.29) is 30.6 Å². The Balaban J connectivity index is 0.00000176. The number of rotatable bonds is 5. The van der Waals surface area contributed by atoms with Gasteiger partial charge in [-0.2, -0.15) is 4.98 Å². The molecule has 1 heterocycles. The standard InChI is InChI=1S/C15H18FN3O2.ClH/c16-11-5-1-2-6-12(11)20-10-7-13-18-14(19-21-13)15(17)8-3-4-9-15;/h1-2,5-6H,3-4,7-10,17H2;1H. The third-order valence-corrected chi connectivity index (χ3v) is 3.82. The number of aromatic nitrogens is 2. The van der Waals surface area contributed by atoms with Gasteiger partial charge in [0.15, 0.2) is 17.4 Å². The van der Waals surface area contributed by atoms with Crippen LogP contribution >= 0.6 is 12.4 Å². The van der Waals surface area contributed by atoms with Gasteiger partial charge in [0.2, 0.25) is 5.89 Å². The summed E-state index contributed by atoms with van der Waals surface area (Å²) in [5.41, 5.74) is 5.82. The van der Waals surface area contributed by atoms with Crippen molar-refractivity contribution in [2.24, 2.45) is 5.73 Å². The number of ether oxygens (including phenoxy) is 1. The van der Waals surface area contributed by atoms with Gasteiger partial charge in [-0.1, -0.05) is 30.1 Å². The Labute approximate surface area is 134 Å². The van der Waals surface area contributed by atoms with E-state index in [0.717, 1.165) is 25.7 Å². The molecule has 1 aliphatic carbocycles. The van der Waals surface area contributed by atoms with Crippen LogP contribution < -0.4 is 10.5 Å². The van der Waals surface area contributed by atoms with Crippen LogP contribution in [-0.2, 0) is 12.0 Å². The molecule has 0 radical (unpaired) electrons. The predicted molar refractivity (Wildman–Crippen MR) is 81.5 cm³/mol. The largest absolute Gasteiger partial charge is 0.490 e. The number of hydrogen-bond acceptors (Lipinski definition) is 5. The Morgan fingerprint density at radius 3 is 2.73 bits per heavy atom. The minimum absolute atomic E-state index is 0. The van der Waals surface area contributed by atoms with Crippen LogP contribution in [0.25, 0.3) is 0 Å². The molecule has 7 heteroatoms. The van der Waals surface area contributed by atoms with Crippen molar-refractivity contribution < 1.29 is 13.7 Å². The van der Waals surface area contributed by atoms with Crippen molar-refractivity contribution in [2.75, 3.05) is 6.61 Å². The highest BCUT2D eigenvalue weighted by atomic mass is 35.5. The summed E-state index contributed by atoms with van der Waals surface area (Å²) in [7, 11) is 0. The molecule has 2 N–H and O–H groups in total. The van der Waals surface area contributed by atoms with Gasteiger partial charge in [-0.3, -0.25) is 0 Å². The molecule has 1 aromatic heterocycles. The molecule has 1 saturated carbocycles. The van der Waals surface area contributed by atoms with E-state index < -0.39 is 5.54 Å². The number of nitrogens with two attached hydrogens (primary N) is 1. The first-order chi connectivity index (χ1) is 10.2.